The van der Waals surface area contributed by atoms with Gasteiger partial charge in [-0.05, 0) is 24.6 Å². The summed E-state index contributed by atoms with van der Waals surface area (Å²) in [6.45, 7) is 2.58. The van der Waals surface area contributed by atoms with Crippen LogP contribution in [0.1, 0.15) is 16.7 Å². The van der Waals surface area contributed by atoms with Crippen molar-refractivity contribution >= 4 is 17.2 Å². The average Bonchev–Trinajstić information content (AvgIpc) is 2.38. The van der Waals surface area contributed by atoms with E-state index in [1.165, 1.54) is 5.56 Å². The largest absolute Gasteiger partial charge is 0.488 e. The van der Waals surface area contributed by atoms with Gasteiger partial charge in [0, 0.05) is 0 Å². The summed E-state index contributed by atoms with van der Waals surface area (Å²) in [5.74, 6) is 0.727. The number of rotatable bonds is 4. The molecule has 0 aromatic heterocycles. The van der Waals surface area contributed by atoms with Crippen LogP contribution in [-0.4, -0.2) is 4.99 Å². The van der Waals surface area contributed by atoms with Gasteiger partial charge >= 0.3 is 0 Å². The quantitative estimate of drug-likeness (QED) is 0.854. The van der Waals surface area contributed by atoms with Crippen LogP contribution in [0.15, 0.2) is 48.5 Å². The Kier molecular flexibility index (Phi) is 3.95. The monoisotopic (exact) mass is 257 g/mol. The van der Waals surface area contributed by atoms with Gasteiger partial charge < -0.3 is 10.5 Å². The average molecular weight is 257 g/mol. The number of nitrogens with two attached hydrogens (primary N) is 1. The summed E-state index contributed by atoms with van der Waals surface area (Å²) in [6.07, 6.45) is 0. The van der Waals surface area contributed by atoms with Gasteiger partial charge in [0.05, 0.1) is 5.56 Å². The Labute approximate surface area is 112 Å². The Morgan fingerprint density at radius 2 is 1.78 bits per heavy atom. The first kappa shape index (κ1) is 12.6. The molecule has 92 valence electrons. The molecule has 0 heterocycles. The fraction of sp³-hybridized carbons (Fsp3) is 0.133. The van der Waals surface area contributed by atoms with Crippen molar-refractivity contribution in [1.29, 1.82) is 0 Å². The Morgan fingerprint density at radius 3 is 2.44 bits per heavy atom. The molecule has 0 radical (unpaired) electrons. The predicted octanol–water partition coefficient (Wildman–Crippen LogP) is 3.21. The van der Waals surface area contributed by atoms with Crippen molar-refractivity contribution in [2.24, 2.45) is 5.73 Å². The lowest BCUT2D eigenvalue weighted by molar-refractivity contribution is 0.305. The van der Waals surface area contributed by atoms with E-state index in [1.54, 1.807) is 0 Å². The lowest BCUT2D eigenvalue weighted by atomic mass is 10.1. The number of hydrogen-bond donors (Lipinski definition) is 1. The second-order valence-electron chi connectivity index (χ2n) is 4.13. The van der Waals surface area contributed by atoms with Crippen molar-refractivity contribution in [2.75, 3.05) is 0 Å². The predicted molar refractivity (Wildman–Crippen MR) is 77.8 cm³/mol. The maximum atomic E-state index is 5.76. The third-order valence-electron chi connectivity index (χ3n) is 2.67. The van der Waals surface area contributed by atoms with E-state index in [2.05, 4.69) is 31.2 Å². The van der Waals surface area contributed by atoms with E-state index in [1.807, 2.05) is 24.3 Å². The van der Waals surface area contributed by atoms with Crippen LogP contribution in [0, 0.1) is 6.92 Å². The molecule has 0 aliphatic heterocycles. The van der Waals surface area contributed by atoms with E-state index in [-0.39, 0.29) is 0 Å². The molecule has 3 heteroatoms. The summed E-state index contributed by atoms with van der Waals surface area (Å²) >= 11 is 5.00. The van der Waals surface area contributed by atoms with Crippen molar-refractivity contribution in [3.63, 3.8) is 0 Å². The molecule has 2 N–H and O–H groups in total. The van der Waals surface area contributed by atoms with E-state index in [4.69, 9.17) is 22.7 Å². The van der Waals surface area contributed by atoms with Gasteiger partial charge in [-0.25, -0.2) is 0 Å². The lowest BCUT2D eigenvalue weighted by Gasteiger charge is -2.10. The van der Waals surface area contributed by atoms with Crippen LogP contribution < -0.4 is 10.5 Å². The highest BCUT2D eigenvalue weighted by Gasteiger charge is 2.05. The molecule has 0 aliphatic carbocycles. The van der Waals surface area contributed by atoms with Gasteiger partial charge in [0.2, 0.25) is 0 Å². The van der Waals surface area contributed by atoms with E-state index in [0.29, 0.717) is 11.6 Å². The number of thiocarbonyl (C=S) groups is 1. The van der Waals surface area contributed by atoms with Crippen molar-refractivity contribution in [2.45, 2.75) is 13.5 Å². The van der Waals surface area contributed by atoms with Crippen molar-refractivity contribution < 1.29 is 4.74 Å². The van der Waals surface area contributed by atoms with Gasteiger partial charge in [0.25, 0.3) is 0 Å². The van der Waals surface area contributed by atoms with Crippen LogP contribution >= 0.6 is 12.2 Å². The Morgan fingerprint density at radius 1 is 1.11 bits per heavy atom. The topological polar surface area (TPSA) is 35.2 Å². The SMILES string of the molecule is Cc1ccc(COc2ccccc2C(N)=S)cc1. The molecule has 2 nitrogen and oxygen atoms in total. The van der Waals surface area contributed by atoms with Crippen LogP contribution in [0.5, 0.6) is 5.75 Å². The summed E-state index contributed by atoms with van der Waals surface area (Å²) in [6, 6.07) is 15.8. The minimum Gasteiger partial charge on any atom is -0.488 e. The zero-order valence-corrected chi connectivity index (χ0v) is 11.0. The van der Waals surface area contributed by atoms with Crippen LogP contribution in [-0.2, 0) is 6.61 Å². The molecule has 0 aliphatic rings. The van der Waals surface area contributed by atoms with Crippen LogP contribution in [0.2, 0.25) is 0 Å². The first-order valence-corrected chi connectivity index (χ1v) is 6.15. The van der Waals surface area contributed by atoms with E-state index >= 15 is 0 Å². The smallest absolute Gasteiger partial charge is 0.129 e. The number of hydrogen-bond acceptors (Lipinski definition) is 2. The number of aryl methyl sites for hydroxylation is 1. The summed E-state index contributed by atoms with van der Waals surface area (Å²) in [7, 11) is 0. The molecule has 0 amide bonds. The second-order valence-corrected chi connectivity index (χ2v) is 4.57. The maximum absolute atomic E-state index is 5.76. The Bertz CT molecular complexity index is 549. The van der Waals surface area contributed by atoms with Crippen molar-refractivity contribution in [1.82, 2.24) is 0 Å². The summed E-state index contributed by atoms with van der Waals surface area (Å²) in [5.41, 5.74) is 8.79. The van der Waals surface area contributed by atoms with Gasteiger partial charge in [0.15, 0.2) is 0 Å². The van der Waals surface area contributed by atoms with Gasteiger partial charge in [-0.2, -0.15) is 0 Å². The summed E-state index contributed by atoms with van der Waals surface area (Å²) in [4.78, 5) is 0.356. The molecule has 0 bridgehead atoms. The number of ether oxygens (including phenoxy) is 1. The summed E-state index contributed by atoms with van der Waals surface area (Å²) in [5, 5.41) is 0. The highest BCUT2D eigenvalue weighted by molar-refractivity contribution is 7.80. The molecular formula is C15H15NOS. The zero-order valence-electron chi connectivity index (χ0n) is 10.2. The van der Waals surface area contributed by atoms with Crippen LogP contribution in [0.3, 0.4) is 0 Å². The molecule has 18 heavy (non-hydrogen) atoms. The molecule has 0 unspecified atom stereocenters. The molecule has 2 aromatic carbocycles. The molecule has 0 atom stereocenters. The van der Waals surface area contributed by atoms with Gasteiger partial charge in [0.1, 0.15) is 17.3 Å². The highest BCUT2D eigenvalue weighted by atomic mass is 32.1. The summed E-state index contributed by atoms with van der Waals surface area (Å²) < 4.78 is 5.76. The molecule has 2 aromatic rings. The third kappa shape index (κ3) is 3.08. The molecular weight excluding hydrogens is 242 g/mol. The fourth-order valence-corrected chi connectivity index (χ4v) is 1.81. The minimum absolute atomic E-state index is 0.356. The Hall–Kier alpha value is -1.87. The van der Waals surface area contributed by atoms with Gasteiger partial charge in [-0.15, -0.1) is 0 Å². The van der Waals surface area contributed by atoms with Gasteiger partial charge in [-0.3, -0.25) is 0 Å². The molecule has 0 saturated heterocycles. The van der Waals surface area contributed by atoms with Crippen LogP contribution in [0.4, 0.5) is 0 Å². The first-order chi connectivity index (χ1) is 8.66. The Balaban J connectivity index is 2.10. The molecule has 2 rings (SSSR count). The fourth-order valence-electron chi connectivity index (χ4n) is 1.64. The van der Waals surface area contributed by atoms with E-state index < -0.39 is 0 Å². The van der Waals surface area contributed by atoms with E-state index in [0.717, 1.165) is 16.9 Å². The second kappa shape index (κ2) is 5.65. The highest BCUT2D eigenvalue weighted by Crippen LogP contribution is 2.19. The molecule has 0 spiro atoms. The number of para-hydroxylation sites is 1. The third-order valence-corrected chi connectivity index (χ3v) is 2.89. The van der Waals surface area contributed by atoms with Crippen molar-refractivity contribution in [3.8, 4) is 5.75 Å². The number of benzene rings is 2. The molecule has 0 saturated carbocycles. The van der Waals surface area contributed by atoms with E-state index in [9.17, 15) is 0 Å². The first-order valence-electron chi connectivity index (χ1n) is 5.74. The lowest BCUT2D eigenvalue weighted by Crippen LogP contribution is -2.11. The van der Waals surface area contributed by atoms with Crippen molar-refractivity contribution in [3.05, 3.63) is 65.2 Å². The zero-order chi connectivity index (χ0) is 13.0. The maximum Gasteiger partial charge on any atom is 0.129 e. The standard InChI is InChI=1S/C15H15NOS/c1-11-6-8-12(9-7-11)10-17-14-5-3-2-4-13(14)15(16)18/h2-9H,10H2,1H3,(H2,16,18). The minimum atomic E-state index is 0.356. The van der Waals surface area contributed by atoms with Gasteiger partial charge in [-0.1, -0.05) is 54.2 Å². The van der Waals surface area contributed by atoms with Crippen LogP contribution in [0.25, 0.3) is 0 Å². The normalized spacial score (nSPS) is 10.1. The molecule has 0 fully saturated rings.